The van der Waals surface area contributed by atoms with Crippen LogP contribution < -0.4 is 15.4 Å². The Morgan fingerprint density at radius 1 is 1.27 bits per heavy atom. The second kappa shape index (κ2) is 8.15. The van der Waals surface area contributed by atoms with E-state index in [4.69, 9.17) is 9.47 Å². The van der Waals surface area contributed by atoms with E-state index in [0.717, 1.165) is 38.1 Å². The van der Waals surface area contributed by atoms with Crippen LogP contribution in [0.25, 0.3) is 0 Å². The molecule has 1 saturated heterocycles. The predicted molar refractivity (Wildman–Crippen MR) is 86.1 cm³/mol. The Morgan fingerprint density at radius 2 is 1.95 bits per heavy atom. The van der Waals surface area contributed by atoms with Crippen LogP contribution in [0.2, 0.25) is 0 Å². The summed E-state index contributed by atoms with van der Waals surface area (Å²) in [6.07, 6.45) is 2.21. The van der Waals surface area contributed by atoms with Crippen LogP contribution in [0.3, 0.4) is 0 Å². The summed E-state index contributed by atoms with van der Waals surface area (Å²) < 4.78 is 11.1. The fourth-order valence-corrected chi connectivity index (χ4v) is 2.61. The third-order valence-electron chi connectivity index (χ3n) is 4.11. The van der Waals surface area contributed by atoms with E-state index in [1.807, 2.05) is 31.2 Å². The van der Waals surface area contributed by atoms with Gasteiger partial charge in [0.2, 0.25) is 0 Å². The number of benzene rings is 1. The standard InChI is InChI=1S/C17H26N2O3/c1-14-4-6-15(7-5-14)22-13-3-10-19-16(20)17(21-2)8-11-18-12-9-17/h4-7,18H,3,8-13H2,1-2H3,(H,19,20). The largest absolute Gasteiger partial charge is 0.494 e. The Morgan fingerprint density at radius 3 is 2.59 bits per heavy atom. The van der Waals surface area contributed by atoms with Gasteiger partial charge < -0.3 is 20.1 Å². The number of hydrogen-bond acceptors (Lipinski definition) is 4. The first kappa shape index (κ1) is 16.8. The molecule has 0 radical (unpaired) electrons. The van der Waals surface area contributed by atoms with Crippen molar-refractivity contribution in [2.24, 2.45) is 0 Å². The second-order valence-corrected chi connectivity index (χ2v) is 5.72. The highest BCUT2D eigenvalue weighted by molar-refractivity contribution is 5.85. The summed E-state index contributed by atoms with van der Waals surface area (Å²) in [5.41, 5.74) is 0.551. The molecule has 5 heteroatoms. The van der Waals surface area contributed by atoms with Crippen molar-refractivity contribution in [3.8, 4) is 5.75 Å². The van der Waals surface area contributed by atoms with E-state index in [1.165, 1.54) is 5.56 Å². The summed E-state index contributed by atoms with van der Waals surface area (Å²) in [7, 11) is 1.62. The number of hydrogen-bond donors (Lipinski definition) is 2. The molecule has 1 amide bonds. The molecular weight excluding hydrogens is 280 g/mol. The lowest BCUT2D eigenvalue weighted by atomic mass is 9.91. The minimum absolute atomic E-state index is 0.00756. The van der Waals surface area contributed by atoms with E-state index in [-0.39, 0.29) is 5.91 Å². The number of ether oxygens (including phenoxy) is 2. The summed E-state index contributed by atoms with van der Waals surface area (Å²) in [5, 5.41) is 6.21. The molecule has 2 rings (SSSR count). The van der Waals surface area contributed by atoms with Gasteiger partial charge in [-0.15, -0.1) is 0 Å². The third-order valence-corrected chi connectivity index (χ3v) is 4.11. The van der Waals surface area contributed by atoms with Crippen molar-refractivity contribution in [2.45, 2.75) is 31.8 Å². The smallest absolute Gasteiger partial charge is 0.252 e. The number of carbonyl (C=O) groups is 1. The highest BCUT2D eigenvalue weighted by atomic mass is 16.5. The van der Waals surface area contributed by atoms with Gasteiger partial charge in [0.05, 0.1) is 6.61 Å². The minimum Gasteiger partial charge on any atom is -0.494 e. The van der Waals surface area contributed by atoms with E-state index in [9.17, 15) is 4.79 Å². The molecule has 0 aliphatic carbocycles. The molecule has 1 aromatic rings. The molecule has 0 aromatic heterocycles. The molecule has 0 bridgehead atoms. The van der Waals surface area contributed by atoms with Crippen LogP contribution in [0.1, 0.15) is 24.8 Å². The molecule has 1 aliphatic rings. The zero-order valence-electron chi connectivity index (χ0n) is 13.5. The zero-order valence-corrected chi connectivity index (χ0v) is 13.5. The van der Waals surface area contributed by atoms with Crippen molar-refractivity contribution < 1.29 is 14.3 Å². The molecule has 122 valence electrons. The summed E-state index contributed by atoms with van der Waals surface area (Å²) in [4.78, 5) is 12.3. The molecule has 22 heavy (non-hydrogen) atoms. The first-order valence-electron chi connectivity index (χ1n) is 7.90. The Bertz CT molecular complexity index is 467. The van der Waals surface area contributed by atoms with Gasteiger partial charge in [0.15, 0.2) is 0 Å². The average Bonchev–Trinajstić information content (AvgIpc) is 2.56. The van der Waals surface area contributed by atoms with Crippen molar-refractivity contribution in [1.82, 2.24) is 10.6 Å². The quantitative estimate of drug-likeness (QED) is 0.752. The highest BCUT2D eigenvalue weighted by Crippen LogP contribution is 2.22. The minimum atomic E-state index is -0.664. The van der Waals surface area contributed by atoms with Gasteiger partial charge in [0.25, 0.3) is 5.91 Å². The molecular formula is C17H26N2O3. The number of nitrogens with one attached hydrogen (secondary N) is 2. The van der Waals surface area contributed by atoms with E-state index < -0.39 is 5.60 Å². The van der Waals surface area contributed by atoms with Crippen LogP contribution in [0.15, 0.2) is 24.3 Å². The van der Waals surface area contributed by atoms with Gasteiger partial charge in [-0.3, -0.25) is 4.79 Å². The van der Waals surface area contributed by atoms with Crippen molar-refractivity contribution in [3.63, 3.8) is 0 Å². The summed E-state index contributed by atoms with van der Waals surface area (Å²) >= 11 is 0. The highest BCUT2D eigenvalue weighted by Gasteiger charge is 2.39. The van der Waals surface area contributed by atoms with Gasteiger partial charge in [-0.05, 0) is 51.4 Å². The molecule has 1 aliphatic heterocycles. The molecule has 0 atom stereocenters. The summed E-state index contributed by atoms with van der Waals surface area (Å²) in [5.74, 6) is 0.857. The maximum Gasteiger partial charge on any atom is 0.252 e. The fourth-order valence-electron chi connectivity index (χ4n) is 2.61. The number of amides is 1. The molecule has 2 N–H and O–H groups in total. The van der Waals surface area contributed by atoms with Gasteiger partial charge in [-0.2, -0.15) is 0 Å². The number of methoxy groups -OCH3 is 1. The monoisotopic (exact) mass is 306 g/mol. The Balaban J connectivity index is 1.67. The summed E-state index contributed by atoms with van der Waals surface area (Å²) in [6.45, 7) is 4.87. The number of aryl methyl sites for hydroxylation is 1. The van der Waals surface area contributed by atoms with E-state index in [1.54, 1.807) is 7.11 Å². The van der Waals surface area contributed by atoms with Gasteiger partial charge in [-0.1, -0.05) is 17.7 Å². The lowest BCUT2D eigenvalue weighted by Gasteiger charge is -2.34. The van der Waals surface area contributed by atoms with Gasteiger partial charge in [0.1, 0.15) is 11.4 Å². The maximum absolute atomic E-state index is 12.3. The number of carbonyl (C=O) groups excluding carboxylic acids is 1. The van der Waals surface area contributed by atoms with Crippen molar-refractivity contribution in [3.05, 3.63) is 29.8 Å². The Labute approximate surface area is 132 Å². The van der Waals surface area contributed by atoms with Crippen molar-refractivity contribution in [1.29, 1.82) is 0 Å². The number of rotatable bonds is 7. The molecule has 1 heterocycles. The van der Waals surface area contributed by atoms with Crippen molar-refractivity contribution in [2.75, 3.05) is 33.4 Å². The van der Waals surface area contributed by atoms with Crippen LogP contribution >= 0.6 is 0 Å². The molecule has 5 nitrogen and oxygen atoms in total. The lowest BCUT2D eigenvalue weighted by Crippen LogP contribution is -2.54. The normalized spacial score (nSPS) is 17.0. The Hall–Kier alpha value is -1.59. The predicted octanol–water partition coefficient (Wildman–Crippen LogP) is 1.65. The molecule has 0 spiro atoms. The van der Waals surface area contributed by atoms with Crippen LogP contribution in [0, 0.1) is 6.92 Å². The van der Waals surface area contributed by atoms with Gasteiger partial charge in [-0.25, -0.2) is 0 Å². The lowest BCUT2D eigenvalue weighted by molar-refractivity contribution is -0.146. The van der Waals surface area contributed by atoms with E-state index in [0.29, 0.717) is 13.2 Å². The zero-order chi connectivity index (χ0) is 15.8. The van der Waals surface area contributed by atoms with Crippen molar-refractivity contribution >= 4 is 5.91 Å². The molecule has 0 unspecified atom stereocenters. The van der Waals surface area contributed by atoms with Crippen LogP contribution in [-0.4, -0.2) is 44.9 Å². The Kier molecular flexibility index (Phi) is 6.21. The maximum atomic E-state index is 12.3. The SMILES string of the molecule is COC1(C(=O)NCCCOc2ccc(C)cc2)CCNCC1. The first-order valence-corrected chi connectivity index (χ1v) is 7.90. The molecule has 0 saturated carbocycles. The van der Waals surface area contributed by atoms with Crippen LogP contribution in [0.4, 0.5) is 0 Å². The second-order valence-electron chi connectivity index (χ2n) is 5.72. The van der Waals surface area contributed by atoms with Crippen LogP contribution in [0.5, 0.6) is 5.75 Å². The van der Waals surface area contributed by atoms with E-state index in [2.05, 4.69) is 10.6 Å². The fraction of sp³-hybridized carbons (Fsp3) is 0.588. The molecule has 1 fully saturated rings. The van der Waals surface area contributed by atoms with Crippen LogP contribution in [-0.2, 0) is 9.53 Å². The third kappa shape index (κ3) is 4.45. The average molecular weight is 306 g/mol. The first-order chi connectivity index (χ1) is 10.7. The number of piperidine rings is 1. The van der Waals surface area contributed by atoms with Gasteiger partial charge >= 0.3 is 0 Å². The van der Waals surface area contributed by atoms with Gasteiger partial charge in [0, 0.05) is 13.7 Å². The van der Waals surface area contributed by atoms with E-state index >= 15 is 0 Å². The topological polar surface area (TPSA) is 59.6 Å². The summed E-state index contributed by atoms with van der Waals surface area (Å²) in [6, 6.07) is 7.97. The molecule has 1 aromatic carbocycles.